The number of sulfonamides is 1. The van der Waals surface area contributed by atoms with Gasteiger partial charge in [-0.3, -0.25) is 4.79 Å². The van der Waals surface area contributed by atoms with E-state index >= 15 is 0 Å². The maximum Gasteiger partial charge on any atom is 0.342 e. The van der Waals surface area contributed by atoms with Crippen molar-refractivity contribution < 1.29 is 27.5 Å². The van der Waals surface area contributed by atoms with E-state index in [0.717, 1.165) is 6.07 Å². The van der Waals surface area contributed by atoms with Crippen molar-refractivity contribution >= 4 is 62.4 Å². The molecule has 8 nitrogen and oxygen atoms in total. The number of carbonyl (C=O) groups excluding carboxylic acids is 2. The van der Waals surface area contributed by atoms with E-state index in [-0.39, 0.29) is 37.0 Å². The maximum atomic E-state index is 12.3. The van der Waals surface area contributed by atoms with Crippen LogP contribution in [-0.2, 0) is 19.6 Å². The van der Waals surface area contributed by atoms with Gasteiger partial charge in [-0.05, 0) is 30.3 Å². The molecule has 0 atom stereocenters. The molecule has 2 aromatic carbocycles. The Balaban J connectivity index is 2.13. The summed E-state index contributed by atoms with van der Waals surface area (Å²) < 4.78 is 32.8. The molecule has 0 bridgehead atoms. The molecular formula is C16H13Cl3N2O6S. The Morgan fingerprint density at radius 2 is 1.71 bits per heavy atom. The number of benzene rings is 2. The van der Waals surface area contributed by atoms with Crippen LogP contribution in [0.1, 0.15) is 10.4 Å². The van der Waals surface area contributed by atoms with Gasteiger partial charge in [-0.25, -0.2) is 18.4 Å². The average molecular weight is 468 g/mol. The Bertz CT molecular complexity index is 1020. The third kappa shape index (κ3) is 5.49. The second kappa shape index (κ2) is 8.97. The van der Waals surface area contributed by atoms with Gasteiger partial charge in [0.15, 0.2) is 6.61 Å². The monoisotopic (exact) mass is 466 g/mol. The van der Waals surface area contributed by atoms with Crippen LogP contribution in [0.5, 0.6) is 5.75 Å². The fourth-order valence-corrected chi connectivity index (χ4v) is 3.52. The van der Waals surface area contributed by atoms with Crippen molar-refractivity contribution in [1.82, 2.24) is 0 Å². The SMILES string of the molecule is COc1ccc(S(N)(=O)=O)cc1C(=O)OCC(=O)Nc1c(Cl)cc(Cl)cc1Cl. The molecule has 0 radical (unpaired) electrons. The van der Waals surface area contributed by atoms with Crippen molar-refractivity contribution in [1.29, 1.82) is 0 Å². The number of primary sulfonamides is 1. The topological polar surface area (TPSA) is 125 Å². The number of nitrogens with one attached hydrogen (secondary N) is 1. The Kier molecular flexibility index (Phi) is 7.13. The number of halogens is 3. The lowest BCUT2D eigenvalue weighted by Crippen LogP contribution is -2.22. The number of amides is 1. The van der Waals surface area contributed by atoms with Crippen LogP contribution in [0.3, 0.4) is 0 Å². The zero-order valence-corrected chi connectivity index (χ0v) is 17.2. The zero-order chi connectivity index (χ0) is 21.1. The number of anilines is 1. The number of nitrogens with two attached hydrogens (primary N) is 1. The van der Waals surface area contributed by atoms with E-state index in [1.54, 1.807) is 0 Å². The van der Waals surface area contributed by atoms with Gasteiger partial charge in [0.25, 0.3) is 5.91 Å². The molecule has 0 spiro atoms. The number of esters is 1. The highest BCUT2D eigenvalue weighted by Crippen LogP contribution is 2.33. The number of carbonyl (C=O) groups is 2. The first-order chi connectivity index (χ1) is 13.0. The van der Waals surface area contributed by atoms with Gasteiger partial charge >= 0.3 is 5.97 Å². The van der Waals surface area contributed by atoms with E-state index in [2.05, 4.69) is 5.32 Å². The molecule has 0 saturated carbocycles. The van der Waals surface area contributed by atoms with Gasteiger partial charge in [-0.15, -0.1) is 0 Å². The second-order valence-corrected chi connectivity index (χ2v) is 8.09. The van der Waals surface area contributed by atoms with Crippen molar-refractivity contribution in [2.75, 3.05) is 19.0 Å². The lowest BCUT2D eigenvalue weighted by atomic mass is 10.2. The normalized spacial score (nSPS) is 11.0. The molecule has 2 rings (SSSR count). The number of rotatable bonds is 6. The molecule has 2 aromatic rings. The smallest absolute Gasteiger partial charge is 0.342 e. The minimum atomic E-state index is -4.05. The van der Waals surface area contributed by atoms with Crippen LogP contribution in [0.2, 0.25) is 15.1 Å². The van der Waals surface area contributed by atoms with Crippen LogP contribution in [0, 0.1) is 0 Å². The highest BCUT2D eigenvalue weighted by molar-refractivity contribution is 7.89. The highest BCUT2D eigenvalue weighted by atomic mass is 35.5. The van der Waals surface area contributed by atoms with Crippen LogP contribution < -0.4 is 15.2 Å². The summed E-state index contributed by atoms with van der Waals surface area (Å²) in [7, 11) is -2.77. The summed E-state index contributed by atoms with van der Waals surface area (Å²) in [6.45, 7) is -0.698. The molecule has 3 N–H and O–H groups in total. The molecule has 0 saturated heterocycles. The number of methoxy groups -OCH3 is 1. The van der Waals surface area contributed by atoms with Crippen LogP contribution in [0.15, 0.2) is 35.2 Å². The molecule has 12 heteroatoms. The molecule has 0 aliphatic carbocycles. The van der Waals surface area contributed by atoms with E-state index in [0.29, 0.717) is 0 Å². The second-order valence-electron chi connectivity index (χ2n) is 5.28. The summed E-state index contributed by atoms with van der Waals surface area (Å²) >= 11 is 17.7. The lowest BCUT2D eigenvalue weighted by Gasteiger charge is -2.12. The number of hydrogen-bond acceptors (Lipinski definition) is 6. The summed E-state index contributed by atoms with van der Waals surface area (Å²) in [6, 6.07) is 6.15. The van der Waals surface area contributed by atoms with Gasteiger partial charge < -0.3 is 14.8 Å². The minimum Gasteiger partial charge on any atom is -0.496 e. The fraction of sp³-hybridized carbons (Fsp3) is 0.125. The van der Waals surface area contributed by atoms with Gasteiger partial charge in [0.2, 0.25) is 10.0 Å². The standard InChI is InChI=1S/C16H13Cl3N2O6S/c1-26-13-3-2-9(28(20,24)25)6-10(13)16(23)27-7-14(22)21-15-11(18)4-8(17)5-12(15)19/h2-6H,7H2,1H3,(H,21,22)(H2,20,24,25). The van der Waals surface area contributed by atoms with Gasteiger partial charge in [-0.2, -0.15) is 0 Å². The summed E-state index contributed by atoms with van der Waals surface area (Å²) in [5, 5.41) is 7.91. The lowest BCUT2D eigenvalue weighted by molar-refractivity contribution is -0.119. The van der Waals surface area contributed by atoms with Gasteiger partial charge in [0.05, 0.1) is 27.7 Å². The van der Waals surface area contributed by atoms with E-state index in [1.165, 1.54) is 31.4 Å². The molecule has 1 amide bonds. The Hall–Kier alpha value is -2.04. The predicted molar refractivity (Wildman–Crippen MR) is 105 cm³/mol. The highest BCUT2D eigenvalue weighted by Gasteiger charge is 2.20. The van der Waals surface area contributed by atoms with Crippen molar-refractivity contribution in [3.63, 3.8) is 0 Å². The van der Waals surface area contributed by atoms with E-state index in [9.17, 15) is 18.0 Å². The largest absolute Gasteiger partial charge is 0.496 e. The molecular weight excluding hydrogens is 455 g/mol. The molecule has 150 valence electrons. The predicted octanol–water partition coefficient (Wildman–Crippen LogP) is 3.10. The molecule has 0 aliphatic heterocycles. The summed E-state index contributed by atoms with van der Waals surface area (Å²) in [6.07, 6.45) is 0. The van der Waals surface area contributed by atoms with Crippen LogP contribution in [0.25, 0.3) is 0 Å². The van der Waals surface area contributed by atoms with E-state index < -0.39 is 28.5 Å². The van der Waals surface area contributed by atoms with Crippen LogP contribution in [0.4, 0.5) is 5.69 Å². The quantitative estimate of drug-likeness (QED) is 0.629. The van der Waals surface area contributed by atoms with Gasteiger partial charge in [0, 0.05) is 5.02 Å². The van der Waals surface area contributed by atoms with Crippen LogP contribution >= 0.6 is 34.8 Å². The first-order valence-electron chi connectivity index (χ1n) is 7.35. The molecule has 28 heavy (non-hydrogen) atoms. The molecule has 0 unspecified atom stereocenters. The third-order valence-electron chi connectivity index (χ3n) is 3.33. The van der Waals surface area contributed by atoms with Crippen molar-refractivity contribution in [2.45, 2.75) is 4.90 Å². The third-order valence-corrected chi connectivity index (χ3v) is 5.05. The maximum absolute atomic E-state index is 12.3. The van der Waals surface area contributed by atoms with E-state index in [1.807, 2.05) is 0 Å². The van der Waals surface area contributed by atoms with Gasteiger partial charge in [0.1, 0.15) is 11.3 Å². The molecule has 0 aliphatic rings. The Labute approximate surface area is 175 Å². The minimum absolute atomic E-state index is 0.0431. The fourth-order valence-electron chi connectivity index (χ4n) is 2.07. The number of ether oxygens (including phenoxy) is 2. The van der Waals surface area contributed by atoms with Crippen molar-refractivity contribution in [3.8, 4) is 5.75 Å². The first kappa shape index (κ1) is 22.3. The Morgan fingerprint density at radius 3 is 2.25 bits per heavy atom. The number of hydrogen-bond donors (Lipinski definition) is 2. The van der Waals surface area contributed by atoms with E-state index in [4.69, 9.17) is 49.4 Å². The van der Waals surface area contributed by atoms with Gasteiger partial charge in [-0.1, -0.05) is 34.8 Å². The zero-order valence-electron chi connectivity index (χ0n) is 14.2. The van der Waals surface area contributed by atoms with Crippen LogP contribution in [-0.4, -0.2) is 34.0 Å². The molecule has 0 fully saturated rings. The van der Waals surface area contributed by atoms with Crippen molar-refractivity contribution in [2.24, 2.45) is 5.14 Å². The summed E-state index contributed by atoms with van der Waals surface area (Å²) in [4.78, 5) is 24.0. The Morgan fingerprint density at radius 1 is 1.11 bits per heavy atom. The average Bonchev–Trinajstić information content (AvgIpc) is 2.61. The summed E-state index contributed by atoms with van der Waals surface area (Å²) in [5.74, 6) is -1.69. The summed E-state index contributed by atoms with van der Waals surface area (Å²) in [5.41, 5.74) is -0.119. The first-order valence-corrected chi connectivity index (χ1v) is 10.0. The molecule has 0 aromatic heterocycles. The molecule has 0 heterocycles. The van der Waals surface area contributed by atoms with Crippen molar-refractivity contribution in [3.05, 3.63) is 51.0 Å².